The van der Waals surface area contributed by atoms with E-state index in [-0.39, 0.29) is 11.5 Å². The van der Waals surface area contributed by atoms with Crippen molar-refractivity contribution in [1.82, 2.24) is 0 Å². The van der Waals surface area contributed by atoms with Crippen LogP contribution in [-0.4, -0.2) is 10.2 Å². The van der Waals surface area contributed by atoms with Crippen LogP contribution >= 0.6 is 0 Å². The van der Waals surface area contributed by atoms with Crippen LogP contribution in [0.15, 0.2) is 18.2 Å². The van der Waals surface area contributed by atoms with Crippen LogP contribution in [0.4, 0.5) is 0 Å². The van der Waals surface area contributed by atoms with E-state index in [1.807, 2.05) is 13.8 Å². The minimum absolute atomic E-state index is 0.122. The molecule has 0 radical (unpaired) electrons. The van der Waals surface area contributed by atoms with Gasteiger partial charge in [-0.1, -0.05) is 6.07 Å². The minimum Gasteiger partial charge on any atom is -0.504 e. The summed E-state index contributed by atoms with van der Waals surface area (Å²) >= 11 is 0. The minimum atomic E-state index is -0.495. The molecule has 0 saturated carbocycles. The number of hydrogen-bond acceptors (Lipinski definition) is 3. The van der Waals surface area contributed by atoms with Gasteiger partial charge in [0.25, 0.3) is 0 Å². The highest BCUT2D eigenvalue weighted by atomic mass is 16.3. The van der Waals surface area contributed by atoms with E-state index in [0.29, 0.717) is 0 Å². The predicted octanol–water partition coefficient (Wildman–Crippen LogP) is 1.29. The molecule has 0 aromatic heterocycles. The van der Waals surface area contributed by atoms with Crippen molar-refractivity contribution >= 4 is 0 Å². The second-order valence-corrected chi connectivity index (χ2v) is 3.43. The van der Waals surface area contributed by atoms with Gasteiger partial charge in [-0.3, -0.25) is 0 Å². The predicted molar refractivity (Wildman–Crippen MR) is 47.0 cm³/mol. The van der Waals surface area contributed by atoms with Crippen LogP contribution in [0.25, 0.3) is 0 Å². The molecule has 0 amide bonds. The maximum atomic E-state index is 9.16. The fourth-order valence-electron chi connectivity index (χ4n) is 0.924. The maximum Gasteiger partial charge on any atom is 0.157 e. The smallest absolute Gasteiger partial charge is 0.157 e. The number of phenols is 2. The molecule has 0 aliphatic heterocycles. The summed E-state index contributed by atoms with van der Waals surface area (Å²) in [5, 5.41) is 18.2. The van der Waals surface area contributed by atoms with Gasteiger partial charge in [0.05, 0.1) is 0 Å². The van der Waals surface area contributed by atoms with Gasteiger partial charge in [-0.15, -0.1) is 0 Å². The van der Waals surface area contributed by atoms with Gasteiger partial charge >= 0.3 is 0 Å². The first-order chi connectivity index (χ1) is 5.41. The molecule has 3 heteroatoms. The Kier molecular flexibility index (Phi) is 1.98. The molecule has 0 fully saturated rings. The summed E-state index contributed by atoms with van der Waals surface area (Å²) in [6, 6.07) is 4.59. The van der Waals surface area contributed by atoms with Crippen LogP contribution in [0.5, 0.6) is 11.5 Å². The van der Waals surface area contributed by atoms with E-state index in [1.165, 1.54) is 12.1 Å². The monoisotopic (exact) mass is 167 g/mol. The van der Waals surface area contributed by atoms with Crippen molar-refractivity contribution in [3.63, 3.8) is 0 Å². The van der Waals surface area contributed by atoms with E-state index in [9.17, 15) is 0 Å². The maximum absolute atomic E-state index is 9.16. The summed E-state index contributed by atoms with van der Waals surface area (Å²) < 4.78 is 0. The summed E-state index contributed by atoms with van der Waals surface area (Å²) in [6.07, 6.45) is 0. The summed E-state index contributed by atoms with van der Waals surface area (Å²) in [6.45, 7) is 3.66. The third-order valence-electron chi connectivity index (χ3n) is 1.72. The van der Waals surface area contributed by atoms with Crippen molar-refractivity contribution in [3.05, 3.63) is 23.8 Å². The SMILES string of the molecule is CC(C)(N)c1ccc(O)c(O)c1. The Hall–Kier alpha value is -1.22. The first-order valence-electron chi connectivity index (χ1n) is 3.72. The number of hydrogen-bond donors (Lipinski definition) is 3. The van der Waals surface area contributed by atoms with Gasteiger partial charge in [0.2, 0.25) is 0 Å². The molecule has 4 N–H and O–H groups in total. The van der Waals surface area contributed by atoms with E-state index in [4.69, 9.17) is 15.9 Å². The molecule has 1 rings (SSSR count). The molecular weight excluding hydrogens is 154 g/mol. The molecule has 0 bridgehead atoms. The Labute approximate surface area is 71.5 Å². The average Bonchev–Trinajstić information content (AvgIpc) is 1.92. The molecule has 0 spiro atoms. The van der Waals surface area contributed by atoms with Gasteiger partial charge < -0.3 is 15.9 Å². The van der Waals surface area contributed by atoms with Crippen molar-refractivity contribution < 1.29 is 10.2 Å². The third-order valence-corrected chi connectivity index (χ3v) is 1.72. The summed E-state index contributed by atoms with van der Waals surface area (Å²) in [4.78, 5) is 0. The van der Waals surface area contributed by atoms with E-state index in [0.717, 1.165) is 5.56 Å². The Morgan fingerprint density at radius 2 is 1.75 bits per heavy atom. The van der Waals surface area contributed by atoms with Crippen LogP contribution in [0.2, 0.25) is 0 Å². The average molecular weight is 167 g/mol. The largest absolute Gasteiger partial charge is 0.504 e. The molecule has 0 atom stereocenters. The molecule has 0 unspecified atom stereocenters. The zero-order valence-electron chi connectivity index (χ0n) is 7.20. The summed E-state index contributed by atoms with van der Waals surface area (Å²) in [5.41, 5.74) is 6.08. The van der Waals surface area contributed by atoms with E-state index >= 15 is 0 Å². The van der Waals surface area contributed by atoms with Crippen LogP contribution in [0.1, 0.15) is 19.4 Å². The van der Waals surface area contributed by atoms with Crippen LogP contribution < -0.4 is 5.73 Å². The van der Waals surface area contributed by atoms with E-state index in [2.05, 4.69) is 0 Å². The number of benzene rings is 1. The van der Waals surface area contributed by atoms with Gasteiger partial charge in [-0.25, -0.2) is 0 Å². The number of aromatic hydroxyl groups is 2. The van der Waals surface area contributed by atoms with Crippen molar-refractivity contribution in [2.75, 3.05) is 0 Å². The van der Waals surface area contributed by atoms with Crippen molar-refractivity contribution in [3.8, 4) is 11.5 Å². The highest BCUT2D eigenvalue weighted by molar-refractivity contribution is 5.42. The Bertz CT molecular complexity index is 289. The molecule has 0 heterocycles. The molecule has 3 nitrogen and oxygen atoms in total. The van der Waals surface area contributed by atoms with Crippen molar-refractivity contribution in [2.45, 2.75) is 19.4 Å². The molecule has 0 saturated heterocycles. The molecule has 1 aromatic carbocycles. The van der Waals surface area contributed by atoms with Gasteiger partial charge in [0.15, 0.2) is 11.5 Å². The van der Waals surface area contributed by atoms with Crippen molar-refractivity contribution in [2.24, 2.45) is 5.73 Å². The van der Waals surface area contributed by atoms with E-state index in [1.54, 1.807) is 6.07 Å². The highest BCUT2D eigenvalue weighted by Gasteiger charge is 2.15. The molecule has 12 heavy (non-hydrogen) atoms. The van der Waals surface area contributed by atoms with Gasteiger partial charge in [-0.05, 0) is 31.5 Å². The van der Waals surface area contributed by atoms with Crippen LogP contribution in [0.3, 0.4) is 0 Å². The fourth-order valence-corrected chi connectivity index (χ4v) is 0.924. The topological polar surface area (TPSA) is 66.5 Å². The molecule has 66 valence electrons. The number of rotatable bonds is 1. The standard InChI is InChI=1S/C9H13NO2/c1-9(2,10)6-3-4-7(11)8(12)5-6/h3-5,11-12H,10H2,1-2H3. The first-order valence-corrected chi connectivity index (χ1v) is 3.72. The van der Waals surface area contributed by atoms with Gasteiger partial charge in [-0.2, -0.15) is 0 Å². The van der Waals surface area contributed by atoms with Crippen LogP contribution in [0, 0.1) is 0 Å². The quantitative estimate of drug-likeness (QED) is 0.552. The van der Waals surface area contributed by atoms with Crippen molar-refractivity contribution in [1.29, 1.82) is 0 Å². The second-order valence-electron chi connectivity index (χ2n) is 3.43. The fraction of sp³-hybridized carbons (Fsp3) is 0.333. The molecule has 0 aliphatic carbocycles. The van der Waals surface area contributed by atoms with Gasteiger partial charge in [0, 0.05) is 5.54 Å². The lowest BCUT2D eigenvalue weighted by Gasteiger charge is -2.19. The summed E-state index contributed by atoms with van der Waals surface area (Å²) in [5.74, 6) is -0.256. The lowest BCUT2D eigenvalue weighted by Crippen LogP contribution is -2.28. The number of phenolic OH excluding ortho intramolecular Hbond substituents is 2. The highest BCUT2D eigenvalue weighted by Crippen LogP contribution is 2.28. The van der Waals surface area contributed by atoms with Gasteiger partial charge in [0.1, 0.15) is 0 Å². The molecular formula is C9H13NO2. The normalized spacial score (nSPS) is 11.6. The van der Waals surface area contributed by atoms with E-state index < -0.39 is 5.54 Å². The lowest BCUT2D eigenvalue weighted by molar-refractivity contribution is 0.401. The third kappa shape index (κ3) is 1.68. The zero-order chi connectivity index (χ0) is 9.35. The first kappa shape index (κ1) is 8.87. The summed E-state index contributed by atoms with van der Waals surface area (Å²) in [7, 11) is 0. The lowest BCUT2D eigenvalue weighted by atomic mass is 9.95. The molecule has 0 aliphatic rings. The Balaban J connectivity index is 3.14. The Morgan fingerprint density at radius 3 is 2.17 bits per heavy atom. The van der Waals surface area contributed by atoms with Crippen LogP contribution in [-0.2, 0) is 5.54 Å². The molecule has 1 aromatic rings. The number of nitrogens with two attached hydrogens (primary N) is 1. The Morgan fingerprint density at radius 1 is 1.17 bits per heavy atom. The zero-order valence-corrected chi connectivity index (χ0v) is 7.20. The second kappa shape index (κ2) is 2.68.